The Labute approximate surface area is 95.2 Å². The Morgan fingerprint density at radius 3 is 2.47 bits per heavy atom. The average Bonchev–Trinajstić information content (AvgIpc) is 2.21. The smallest absolute Gasteiger partial charge is 0.0593 e. The second-order valence-electron chi connectivity index (χ2n) is 4.09. The number of likely N-dealkylation sites (N-methyl/N-ethyl adjacent to an activating group) is 1. The highest BCUT2D eigenvalue weighted by molar-refractivity contribution is 4.58. The van der Waals surface area contributed by atoms with E-state index in [1.54, 1.807) is 0 Å². The van der Waals surface area contributed by atoms with Crippen molar-refractivity contribution in [3.05, 3.63) is 0 Å². The van der Waals surface area contributed by atoms with Gasteiger partial charge in [0.25, 0.3) is 0 Å². The molecule has 0 saturated heterocycles. The van der Waals surface area contributed by atoms with Crippen LogP contribution in [0.25, 0.3) is 0 Å². The number of ether oxygens (including phenoxy) is 1. The summed E-state index contributed by atoms with van der Waals surface area (Å²) >= 11 is 0. The van der Waals surface area contributed by atoms with Gasteiger partial charge in [-0.3, -0.25) is 0 Å². The molecule has 1 N–H and O–H groups in total. The van der Waals surface area contributed by atoms with Gasteiger partial charge < -0.3 is 15.0 Å². The van der Waals surface area contributed by atoms with Crippen LogP contribution in [-0.2, 0) is 4.74 Å². The van der Waals surface area contributed by atoms with Gasteiger partial charge in [0.2, 0.25) is 0 Å². The SMILES string of the molecule is CCOCCN(CC)CCCNC(C)C. The summed E-state index contributed by atoms with van der Waals surface area (Å²) in [6, 6.07) is 0.600. The van der Waals surface area contributed by atoms with E-state index in [1.165, 1.54) is 13.0 Å². The molecule has 0 aliphatic carbocycles. The summed E-state index contributed by atoms with van der Waals surface area (Å²) in [5, 5.41) is 3.43. The zero-order chi connectivity index (χ0) is 11.5. The topological polar surface area (TPSA) is 24.5 Å². The van der Waals surface area contributed by atoms with Crippen molar-refractivity contribution in [3.8, 4) is 0 Å². The van der Waals surface area contributed by atoms with Crippen molar-refractivity contribution in [1.29, 1.82) is 0 Å². The Bertz CT molecular complexity index is 129. The van der Waals surface area contributed by atoms with Crippen LogP contribution < -0.4 is 5.32 Å². The molecule has 0 aromatic heterocycles. The molecule has 0 aliphatic heterocycles. The second kappa shape index (κ2) is 10.4. The lowest BCUT2D eigenvalue weighted by Crippen LogP contribution is -2.32. The summed E-state index contributed by atoms with van der Waals surface area (Å²) < 4.78 is 5.35. The molecular formula is C12H28N2O. The third-order valence-corrected chi connectivity index (χ3v) is 2.41. The van der Waals surface area contributed by atoms with Gasteiger partial charge in [-0.05, 0) is 33.0 Å². The molecule has 0 spiro atoms. The first-order valence-electron chi connectivity index (χ1n) is 6.24. The van der Waals surface area contributed by atoms with E-state index in [9.17, 15) is 0 Å². The van der Waals surface area contributed by atoms with Gasteiger partial charge in [-0.1, -0.05) is 20.8 Å². The molecule has 0 radical (unpaired) electrons. The van der Waals surface area contributed by atoms with Gasteiger partial charge in [-0.2, -0.15) is 0 Å². The van der Waals surface area contributed by atoms with E-state index in [-0.39, 0.29) is 0 Å². The molecule has 0 aromatic rings. The average molecular weight is 216 g/mol. The van der Waals surface area contributed by atoms with Gasteiger partial charge in [-0.25, -0.2) is 0 Å². The van der Waals surface area contributed by atoms with E-state index in [1.807, 2.05) is 6.92 Å². The third kappa shape index (κ3) is 10.2. The predicted molar refractivity (Wildman–Crippen MR) is 66.4 cm³/mol. The molecule has 92 valence electrons. The first-order valence-corrected chi connectivity index (χ1v) is 6.24. The van der Waals surface area contributed by atoms with Crippen LogP contribution in [0.5, 0.6) is 0 Å². The predicted octanol–water partition coefficient (Wildman–Crippen LogP) is 1.73. The van der Waals surface area contributed by atoms with Gasteiger partial charge in [0.05, 0.1) is 6.61 Å². The Morgan fingerprint density at radius 2 is 1.93 bits per heavy atom. The van der Waals surface area contributed by atoms with Crippen LogP contribution in [0.3, 0.4) is 0 Å². The second-order valence-corrected chi connectivity index (χ2v) is 4.09. The molecule has 0 aromatic carbocycles. The van der Waals surface area contributed by atoms with E-state index >= 15 is 0 Å². The van der Waals surface area contributed by atoms with Crippen molar-refractivity contribution in [3.63, 3.8) is 0 Å². The maximum Gasteiger partial charge on any atom is 0.0593 e. The minimum Gasteiger partial charge on any atom is -0.380 e. The van der Waals surface area contributed by atoms with Gasteiger partial charge in [-0.15, -0.1) is 0 Å². The van der Waals surface area contributed by atoms with Crippen molar-refractivity contribution < 1.29 is 4.74 Å². The Kier molecular flexibility index (Phi) is 10.3. The maximum absolute atomic E-state index is 5.35. The fourth-order valence-corrected chi connectivity index (χ4v) is 1.46. The lowest BCUT2D eigenvalue weighted by molar-refractivity contribution is 0.115. The fraction of sp³-hybridized carbons (Fsp3) is 1.00. The quantitative estimate of drug-likeness (QED) is 0.563. The van der Waals surface area contributed by atoms with Crippen LogP contribution >= 0.6 is 0 Å². The highest BCUT2D eigenvalue weighted by Gasteiger charge is 2.01. The standard InChI is InChI=1S/C12H28N2O/c1-5-14(10-11-15-6-2)9-7-8-13-12(3)4/h12-13H,5-11H2,1-4H3. The van der Waals surface area contributed by atoms with Crippen molar-refractivity contribution in [2.45, 2.75) is 40.2 Å². The van der Waals surface area contributed by atoms with Crippen LogP contribution in [0.2, 0.25) is 0 Å². The summed E-state index contributed by atoms with van der Waals surface area (Å²) in [4.78, 5) is 2.44. The Morgan fingerprint density at radius 1 is 1.20 bits per heavy atom. The van der Waals surface area contributed by atoms with Crippen LogP contribution in [0.15, 0.2) is 0 Å². The summed E-state index contributed by atoms with van der Waals surface area (Å²) in [7, 11) is 0. The molecule has 0 amide bonds. The fourth-order valence-electron chi connectivity index (χ4n) is 1.46. The largest absolute Gasteiger partial charge is 0.380 e. The molecule has 0 atom stereocenters. The van der Waals surface area contributed by atoms with Gasteiger partial charge in [0.15, 0.2) is 0 Å². The number of nitrogens with one attached hydrogen (secondary N) is 1. The molecule has 3 nitrogen and oxygen atoms in total. The van der Waals surface area contributed by atoms with E-state index in [0.717, 1.165) is 32.8 Å². The first kappa shape index (κ1) is 14.9. The van der Waals surface area contributed by atoms with Crippen molar-refractivity contribution in [1.82, 2.24) is 10.2 Å². The van der Waals surface area contributed by atoms with Gasteiger partial charge in [0.1, 0.15) is 0 Å². The van der Waals surface area contributed by atoms with Crippen molar-refractivity contribution in [2.24, 2.45) is 0 Å². The maximum atomic E-state index is 5.35. The van der Waals surface area contributed by atoms with Gasteiger partial charge >= 0.3 is 0 Å². The summed E-state index contributed by atoms with van der Waals surface area (Å²) in [5.74, 6) is 0. The van der Waals surface area contributed by atoms with Crippen LogP contribution in [0.4, 0.5) is 0 Å². The number of hydrogen-bond acceptors (Lipinski definition) is 3. The highest BCUT2D eigenvalue weighted by atomic mass is 16.5. The van der Waals surface area contributed by atoms with E-state index in [4.69, 9.17) is 4.74 Å². The molecule has 0 unspecified atom stereocenters. The molecule has 0 rings (SSSR count). The molecule has 0 aliphatic rings. The monoisotopic (exact) mass is 216 g/mol. The summed E-state index contributed by atoms with van der Waals surface area (Å²) in [6.07, 6.45) is 1.22. The minimum absolute atomic E-state index is 0.600. The Balaban J connectivity index is 3.35. The summed E-state index contributed by atoms with van der Waals surface area (Å²) in [5.41, 5.74) is 0. The van der Waals surface area contributed by atoms with E-state index in [2.05, 4.69) is 31.0 Å². The summed E-state index contributed by atoms with van der Waals surface area (Å²) in [6.45, 7) is 14.8. The molecular weight excluding hydrogens is 188 g/mol. The van der Waals surface area contributed by atoms with Gasteiger partial charge in [0, 0.05) is 19.2 Å². The number of hydrogen-bond donors (Lipinski definition) is 1. The van der Waals surface area contributed by atoms with E-state index in [0.29, 0.717) is 6.04 Å². The lowest BCUT2D eigenvalue weighted by Gasteiger charge is -2.20. The molecule has 0 bridgehead atoms. The first-order chi connectivity index (χ1) is 7.20. The van der Waals surface area contributed by atoms with Crippen LogP contribution in [0, 0.1) is 0 Å². The third-order valence-electron chi connectivity index (χ3n) is 2.41. The van der Waals surface area contributed by atoms with Crippen LogP contribution in [-0.4, -0.2) is 50.3 Å². The number of nitrogens with zero attached hydrogens (tertiary/aromatic N) is 1. The Hall–Kier alpha value is -0.120. The van der Waals surface area contributed by atoms with Crippen LogP contribution in [0.1, 0.15) is 34.1 Å². The normalized spacial score (nSPS) is 11.6. The lowest BCUT2D eigenvalue weighted by atomic mass is 10.3. The highest BCUT2D eigenvalue weighted by Crippen LogP contribution is 1.91. The molecule has 3 heteroatoms. The number of rotatable bonds is 10. The zero-order valence-electron chi connectivity index (χ0n) is 10.9. The van der Waals surface area contributed by atoms with Crippen molar-refractivity contribution >= 4 is 0 Å². The van der Waals surface area contributed by atoms with Crippen molar-refractivity contribution in [2.75, 3.05) is 39.4 Å². The molecule has 0 fully saturated rings. The molecule has 0 heterocycles. The minimum atomic E-state index is 0.600. The molecule has 0 saturated carbocycles. The molecule has 15 heavy (non-hydrogen) atoms. The van der Waals surface area contributed by atoms with E-state index < -0.39 is 0 Å². The zero-order valence-corrected chi connectivity index (χ0v) is 10.9.